The van der Waals surface area contributed by atoms with E-state index in [-0.39, 0.29) is 22.3 Å². The minimum atomic E-state index is -4.03. The molecule has 0 amide bonds. The van der Waals surface area contributed by atoms with Crippen molar-refractivity contribution in [2.45, 2.75) is 38.1 Å². The number of ether oxygens (including phenoxy) is 1. The van der Waals surface area contributed by atoms with Gasteiger partial charge in [-0.25, -0.2) is 22.8 Å². The first kappa shape index (κ1) is 27.1. The number of aromatic nitrogens is 2. The number of ketones is 1. The lowest BCUT2D eigenvalue weighted by Gasteiger charge is -2.22. The second-order valence-corrected chi connectivity index (χ2v) is 12.8. The van der Waals surface area contributed by atoms with Crippen LogP contribution in [0.15, 0.2) is 53.6 Å². The van der Waals surface area contributed by atoms with Crippen LogP contribution >= 0.6 is 0 Å². The summed E-state index contributed by atoms with van der Waals surface area (Å²) in [6.07, 6.45) is 3.44. The first-order valence-electron chi connectivity index (χ1n) is 13.3. The molecule has 1 aliphatic carbocycles. The Hall–Kier alpha value is -3.53. The summed E-state index contributed by atoms with van der Waals surface area (Å²) in [5.41, 5.74) is 6.88. The molecule has 206 valence electrons. The minimum Gasteiger partial charge on any atom is -0.493 e. The van der Waals surface area contributed by atoms with Gasteiger partial charge in [-0.05, 0) is 67.0 Å². The summed E-state index contributed by atoms with van der Waals surface area (Å²) >= 11 is 0. The molecule has 0 radical (unpaired) electrons. The van der Waals surface area contributed by atoms with E-state index in [1.165, 1.54) is 36.8 Å². The fraction of sp³-hybridized carbons (Fsp3) is 0.414. The van der Waals surface area contributed by atoms with Crippen LogP contribution in [0.2, 0.25) is 0 Å². The zero-order valence-electron chi connectivity index (χ0n) is 22.1. The van der Waals surface area contributed by atoms with Crippen molar-refractivity contribution < 1.29 is 22.3 Å². The van der Waals surface area contributed by atoms with Gasteiger partial charge in [0, 0.05) is 24.7 Å². The van der Waals surface area contributed by atoms with E-state index >= 15 is 0 Å². The number of anilines is 2. The van der Waals surface area contributed by atoms with Gasteiger partial charge in [0.1, 0.15) is 29.0 Å². The number of rotatable bonds is 9. The average Bonchev–Trinajstić information content (AvgIpc) is 3.49. The Bertz CT molecular complexity index is 1480. The number of pyridine rings is 2. The van der Waals surface area contributed by atoms with Crippen molar-refractivity contribution in [3.8, 4) is 17.0 Å². The summed E-state index contributed by atoms with van der Waals surface area (Å²) in [7, 11) is -4.03. The maximum absolute atomic E-state index is 14.5. The van der Waals surface area contributed by atoms with E-state index < -0.39 is 27.2 Å². The Balaban J connectivity index is 1.50. The normalized spacial score (nSPS) is 18.9. The number of carbonyl (C=O) groups excluding carboxylic acids is 1. The van der Waals surface area contributed by atoms with Gasteiger partial charge in [0.05, 0.1) is 17.9 Å². The number of carbonyl (C=O) groups is 1. The molecule has 2 aliphatic rings. The SMILES string of the molecule is CC(C)COc1cc(F)cc(-c2ccc(C(=O)CS(=O)(=O)c3cccc(N)n3)c(N3CC4CCCC4C3)n2)c1. The third kappa shape index (κ3) is 6.06. The Morgan fingerprint density at radius 2 is 1.85 bits per heavy atom. The molecule has 5 rings (SSSR count). The van der Waals surface area contributed by atoms with Crippen LogP contribution in [0.1, 0.15) is 43.5 Å². The van der Waals surface area contributed by atoms with Crippen molar-refractivity contribution in [1.29, 1.82) is 0 Å². The maximum Gasteiger partial charge on any atom is 0.203 e. The summed E-state index contributed by atoms with van der Waals surface area (Å²) in [5.74, 6) is 0.413. The van der Waals surface area contributed by atoms with E-state index in [9.17, 15) is 17.6 Å². The molecular formula is C29H33FN4O4S. The van der Waals surface area contributed by atoms with Gasteiger partial charge < -0.3 is 15.4 Å². The predicted octanol–water partition coefficient (Wildman–Crippen LogP) is 4.79. The van der Waals surface area contributed by atoms with Crippen molar-refractivity contribution in [3.05, 3.63) is 59.9 Å². The highest BCUT2D eigenvalue weighted by Crippen LogP contribution is 2.40. The number of halogens is 1. The number of hydrogen-bond donors (Lipinski definition) is 1. The number of nitrogen functional groups attached to an aromatic ring is 1. The van der Waals surface area contributed by atoms with E-state index in [2.05, 4.69) is 9.88 Å². The molecule has 3 heterocycles. The number of nitrogens with zero attached hydrogens (tertiary/aromatic N) is 3. The largest absolute Gasteiger partial charge is 0.493 e. The minimum absolute atomic E-state index is 0.0608. The number of fused-ring (bicyclic) bond motifs is 1. The van der Waals surface area contributed by atoms with Gasteiger partial charge in [-0.2, -0.15) is 0 Å². The van der Waals surface area contributed by atoms with E-state index in [1.807, 2.05) is 13.8 Å². The molecule has 1 saturated carbocycles. The topological polar surface area (TPSA) is 115 Å². The first-order chi connectivity index (χ1) is 18.6. The average molecular weight is 553 g/mol. The van der Waals surface area contributed by atoms with Crippen LogP contribution in [0.25, 0.3) is 11.3 Å². The van der Waals surface area contributed by atoms with E-state index in [0.29, 0.717) is 41.3 Å². The zero-order valence-corrected chi connectivity index (χ0v) is 23.0. The van der Waals surface area contributed by atoms with Crippen LogP contribution < -0.4 is 15.4 Å². The molecule has 10 heteroatoms. The lowest BCUT2D eigenvalue weighted by Crippen LogP contribution is -2.26. The van der Waals surface area contributed by atoms with Crippen LogP contribution in [0.5, 0.6) is 5.75 Å². The van der Waals surface area contributed by atoms with Gasteiger partial charge in [0.2, 0.25) is 9.84 Å². The van der Waals surface area contributed by atoms with Gasteiger partial charge in [-0.1, -0.05) is 26.3 Å². The summed E-state index contributed by atoms with van der Waals surface area (Å²) in [6, 6.07) is 12.0. The number of nitrogens with two attached hydrogens (primary N) is 1. The van der Waals surface area contributed by atoms with Crippen molar-refractivity contribution in [1.82, 2.24) is 9.97 Å². The number of sulfone groups is 1. The number of hydrogen-bond acceptors (Lipinski definition) is 8. The van der Waals surface area contributed by atoms with Crippen molar-refractivity contribution in [2.24, 2.45) is 17.8 Å². The first-order valence-corrected chi connectivity index (χ1v) is 14.9. The molecule has 8 nitrogen and oxygen atoms in total. The van der Waals surface area contributed by atoms with Crippen LogP contribution in [0.4, 0.5) is 16.0 Å². The Labute approximate surface area is 228 Å². The summed E-state index contributed by atoms with van der Waals surface area (Å²) in [4.78, 5) is 24.2. The highest BCUT2D eigenvalue weighted by atomic mass is 32.2. The maximum atomic E-state index is 14.5. The van der Waals surface area contributed by atoms with Crippen LogP contribution in [-0.4, -0.2) is 49.6 Å². The molecule has 1 aromatic carbocycles. The molecule has 1 saturated heterocycles. The van der Waals surface area contributed by atoms with Gasteiger partial charge in [-0.15, -0.1) is 0 Å². The summed E-state index contributed by atoms with van der Waals surface area (Å²) in [6.45, 7) is 5.96. The molecule has 1 aliphatic heterocycles. The van der Waals surface area contributed by atoms with Crippen molar-refractivity contribution >= 4 is 27.3 Å². The van der Waals surface area contributed by atoms with Gasteiger partial charge in [0.15, 0.2) is 10.8 Å². The second kappa shape index (κ2) is 10.9. The van der Waals surface area contributed by atoms with Crippen LogP contribution in [0, 0.1) is 23.6 Å². The van der Waals surface area contributed by atoms with E-state index in [0.717, 1.165) is 25.9 Å². The molecule has 2 unspecified atom stereocenters. The van der Waals surface area contributed by atoms with Gasteiger partial charge in [0.25, 0.3) is 0 Å². The van der Waals surface area contributed by atoms with Gasteiger partial charge in [-0.3, -0.25) is 4.79 Å². The lowest BCUT2D eigenvalue weighted by atomic mass is 10.0. The highest BCUT2D eigenvalue weighted by Gasteiger charge is 2.38. The van der Waals surface area contributed by atoms with Crippen molar-refractivity contribution in [3.63, 3.8) is 0 Å². The number of Topliss-reactive ketones (excluding diaryl/α,β-unsaturated/α-hetero) is 1. The van der Waals surface area contributed by atoms with E-state index in [4.69, 9.17) is 15.5 Å². The Morgan fingerprint density at radius 1 is 1.10 bits per heavy atom. The molecule has 0 bridgehead atoms. The molecule has 2 N–H and O–H groups in total. The zero-order chi connectivity index (χ0) is 27.7. The fourth-order valence-electron chi connectivity index (χ4n) is 5.46. The molecule has 2 fully saturated rings. The Kier molecular flexibility index (Phi) is 7.57. The molecule has 3 aromatic rings. The number of benzene rings is 1. The van der Waals surface area contributed by atoms with Crippen LogP contribution in [-0.2, 0) is 9.84 Å². The summed E-state index contributed by atoms with van der Waals surface area (Å²) in [5, 5.41) is -0.244. The molecular weight excluding hydrogens is 519 g/mol. The molecule has 39 heavy (non-hydrogen) atoms. The molecule has 2 aromatic heterocycles. The lowest BCUT2D eigenvalue weighted by molar-refractivity contribution is 0.102. The highest BCUT2D eigenvalue weighted by molar-refractivity contribution is 7.92. The van der Waals surface area contributed by atoms with Gasteiger partial charge >= 0.3 is 0 Å². The molecule has 0 spiro atoms. The van der Waals surface area contributed by atoms with E-state index in [1.54, 1.807) is 18.2 Å². The predicted molar refractivity (Wildman–Crippen MR) is 148 cm³/mol. The smallest absolute Gasteiger partial charge is 0.203 e. The Morgan fingerprint density at radius 3 is 2.54 bits per heavy atom. The third-order valence-electron chi connectivity index (χ3n) is 7.34. The third-order valence-corrected chi connectivity index (χ3v) is 8.84. The second-order valence-electron chi connectivity index (χ2n) is 10.9. The quantitative estimate of drug-likeness (QED) is 0.377. The monoisotopic (exact) mass is 552 g/mol. The fourth-order valence-corrected chi connectivity index (χ4v) is 6.64. The standard InChI is InChI=1S/C29H33FN4O4S/c1-18(2)16-38-23-12-21(11-22(30)13-23)25-10-9-24(29(32-25)34-14-19-5-3-6-20(19)15-34)26(35)17-39(36,37)28-8-4-7-27(31)33-28/h4,7-13,18-20H,3,5-6,14-17H2,1-2H3,(H2,31,33). The molecule has 2 atom stereocenters. The summed E-state index contributed by atoms with van der Waals surface area (Å²) < 4.78 is 46.3. The van der Waals surface area contributed by atoms with Crippen LogP contribution in [0.3, 0.4) is 0 Å². The van der Waals surface area contributed by atoms with Crippen molar-refractivity contribution in [2.75, 3.05) is 36.1 Å².